The van der Waals surface area contributed by atoms with E-state index in [2.05, 4.69) is 26.8 Å². The van der Waals surface area contributed by atoms with Gasteiger partial charge in [-0.3, -0.25) is 9.30 Å². The van der Waals surface area contributed by atoms with E-state index in [4.69, 9.17) is 5.73 Å². The van der Waals surface area contributed by atoms with Gasteiger partial charge in [-0.15, -0.1) is 0 Å². The van der Waals surface area contributed by atoms with Gasteiger partial charge in [0.1, 0.15) is 0 Å². The standard InChI is InChI=1S/C13H20N6/c1-17-5-6-18(12(7-14)10-17)8-11-9-19-4-2-3-15-13(19)16-11/h2-4,9,12H,5-8,10,14H2,1H3. The quantitative estimate of drug-likeness (QED) is 0.828. The molecule has 1 saturated heterocycles. The molecule has 3 heterocycles. The van der Waals surface area contributed by atoms with Gasteiger partial charge in [-0.1, -0.05) is 0 Å². The molecule has 2 aromatic rings. The summed E-state index contributed by atoms with van der Waals surface area (Å²) >= 11 is 0. The molecule has 2 N–H and O–H groups in total. The van der Waals surface area contributed by atoms with Crippen LogP contribution in [0.3, 0.4) is 0 Å². The summed E-state index contributed by atoms with van der Waals surface area (Å²) < 4.78 is 1.96. The molecule has 0 amide bonds. The maximum Gasteiger partial charge on any atom is 0.233 e. The smallest absolute Gasteiger partial charge is 0.233 e. The number of likely N-dealkylation sites (N-methyl/N-ethyl adjacent to an activating group) is 1. The molecule has 3 rings (SSSR count). The fourth-order valence-corrected chi connectivity index (χ4v) is 2.64. The molecule has 0 saturated carbocycles. The van der Waals surface area contributed by atoms with Gasteiger partial charge < -0.3 is 10.6 Å². The number of aromatic nitrogens is 3. The van der Waals surface area contributed by atoms with Crippen LogP contribution in [-0.4, -0.2) is 63.4 Å². The molecular weight excluding hydrogens is 240 g/mol. The van der Waals surface area contributed by atoms with Crippen LogP contribution in [0.2, 0.25) is 0 Å². The highest BCUT2D eigenvalue weighted by molar-refractivity contribution is 5.29. The normalized spacial score (nSPS) is 22.1. The Bertz CT molecular complexity index is 518. The summed E-state index contributed by atoms with van der Waals surface area (Å²) in [4.78, 5) is 13.5. The Balaban J connectivity index is 1.76. The summed E-state index contributed by atoms with van der Waals surface area (Å²) in [6.07, 6.45) is 5.79. The zero-order chi connectivity index (χ0) is 13.2. The van der Waals surface area contributed by atoms with Crippen molar-refractivity contribution in [2.75, 3.05) is 33.2 Å². The molecule has 6 heteroatoms. The topological polar surface area (TPSA) is 62.7 Å². The molecule has 2 aromatic heterocycles. The van der Waals surface area contributed by atoms with Gasteiger partial charge in [0.05, 0.1) is 5.69 Å². The van der Waals surface area contributed by atoms with E-state index in [1.165, 1.54) is 0 Å². The average Bonchev–Trinajstić information content (AvgIpc) is 2.83. The molecule has 0 aliphatic carbocycles. The molecule has 1 atom stereocenters. The third kappa shape index (κ3) is 2.60. The highest BCUT2D eigenvalue weighted by atomic mass is 15.3. The van der Waals surface area contributed by atoms with Crippen LogP contribution < -0.4 is 5.73 Å². The van der Waals surface area contributed by atoms with E-state index < -0.39 is 0 Å². The number of rotatable bonds is 3. The Morgan fingerprint density at radius 2 is 2.32 bits per heavy atom. The van der Waals surface area contributed by atoms with Gasteiger partial charge in [-0.25, -0.2) is 9.97 Å². The van der Waals surface area contributed by atoms with Crippen molar-refractivity contribution in [1.29, 1.82) is 0 Å². The van der Waals surface area contributed by atoms with Gasteiger partial charge in [-0.2, -0.15) is 0 Å². The summed E-state index contributed by atoms with van der Waals surface area (Å²) in [5.41, 5.74) is 6.94. The predicted octanol–water partition coefficient (Wildman–Crippen LogP) is -0.196. The minimum atomic E-state index is 0.413. The third-order valence-corrected chi connectivity index (χ3v) is 3.73. The van der Waals surface area contributed by atoms with Crippen LogP contribution in [0.5, 0.6) is 0 Å². The zero-order valence-electron chi connectivity index (χ0n) is 11.2. The molecule has 0 bridgehead atoms. The first-order valence-electron chi connectivity index (χ1n) is 6.67. The van der Waals surface area contributed by atoms with Crippen LogP contribution in [0, 0.1) is 0 Å². The molecule has 0 radical (unpaired) electrons. The highest BCUT2D eigenvalue weighted by Crippen LogP contribution is 2.12. The second-order valence-electron chi connectivity index (χ2n) is 5.18. The molecule has 1 fully saturated rings. The number of fused-ring (bicyclic) bond motifs is 1. The Kier molecular flexibility index (Phi) is 3.46. The second kappa shape index (κ2) is 5.24. The molecule has 0 spiro atoms. The van der Waals surface area contributed by atoms with Gasteiger partial charge in [0.15, 0.2) is 0 Å². The molecule has 6 nitrogen and oxygen atoms in total. The number of hydrogen-bond donors (Lipinski definition) is 1. The lowest BCUT2D eigenvalue weighted by Gasteiger charge is -2.39. The minimum Gasteiger partial charge on any atom is -0.329 e. The number of hydrogen-bond acceptors (Lipinski definition) is 5. The van der Waals surface area contributed by atoms with E-state index in [9.17, 15) is 0 Å². The summed E-state index contributed by atoms with van der Waals surface area (Å²) in [5.74, 6) is 0.760. The zero-order valence-corrected chi connectivity index (χ0v) is 11.2. The molecule has 1 aliphatic heterocycles. The second-order valence-corrected chi connectivity index (χ2v) is 5.18. The van der Waals surface area contributed by atoms with Crippen LogP contribution >= 0.6 is 0 Å². The molecule has 102 valence electrons. The van der Waals surface area contributed by atoms with E-state index in [-0.39, 0.29) is 0 Å². The lowest BCUT2D eigenvalue weighted by molar-refractivity contribution is 0.0871. The first-order valence-corrected chi connectivity index (χ1v) is 6.67. The van der Waals surface area contributed by atoms with Gasteiger partial charge in [0.2, 0.25) is 5.78 Å². The summed E-state index contributed by atoms with van der Waals surface area (Å²) in [6, 6.07) is 2.33. The van der Waals surface area contributed by atoms with Crippen molar-refractivity contribution in [3.8, 4) is 0 Å². The first kappa shape index (κ1) is 12.5. The van der Waals surface area contributed by atoms with Crippen molar-refractivity contribution in [3.05, 3.63) is 30.4 Å². The Labute approximate surface area is 112 Å². The Morgan fingerprint density at radius 1 is 1.42 bits per heavy atom. The van der Waals surface area contributed by atoms with E-state index in [1.54, 1.807) is 6.20 Å². The van der Waals surface area contributed by atoms with Crippen molar-refractivity contribution in [2.24, 2.45) is 5.73 Å². The molecule has 1 aliphatic rings. The van der Waals surface area contributed by atoms with Gasteiger partial charge >= 0.3 is 0 Å². The minimum absolute atomic E-state index is 0.413. The lowest BCUT2D eigenvalue weighted by atomic mass is 10.1. The molecule has 1 unspecified atom stereocenters. The highest BCUT2D eigenvalue weighted by Gasteiger charge is 2.24. The first-order chi connectivity index (χ1) is 9.26. The lowest BCUT2D eigenvalue weighted by Crippen LogP contribution is -2.54. The van der Waals surface area contributed by atoms with Gasteiger partial charge in [-0.05, 0) is 13.1 Å². The largest absolute Gasteiger partial charge is 0.329 e. The summed E-state index contributed by atoms with van der Waals surface area (Å²) in [5, 5.41) is 0. The van der Waals surface area contributed by atoms with Gasteiger partial charge in [0.25, 0.3) is 0 Å². The van der Waals surface area contributed by atoms with Crippen molar-refractivity contribution in [3.63, 3.8) is 0 Å². The molecule has 19 heavy (non-hydrogen) atoms. The molecular formula is C13H20N6. The van der Waals surface area contributed by atoms with Crippen LogP contribution in [-0.2, 0) is 6.54 Å². The van der Waals surface area contributed by atoms with Crippen molar-refractivity contribution < 1.29 is 0 Å². The summed E-state index contributed by atoms with van der Waals surface area (Å²) in [7, 11) is 2.15. The van der Waals surface area contributed by atoms with Gasteiger partial charge in [0, 0.05) is 57.4 Å². The van der Waals surface area contributed by atoms with Crippen LogP contribution in [0.25, 0.3) is 5.78 Å². The maximum absolute atomic E-state index is 5.88. The number of nitrogens with two attached hydrogens (primary N) is 1. The van der Waals surface area contributed by atoms with E-state index >= 15 is 0 Å². The number of imidazole rings is 1. The maximum atomic E-state index is 5.88. The SMILES string of the molecule is CN1CCN(Cc2cn3cccnc3n2)C(CN)C1. The number of nitrogens with zero attached hydrogens (tertiary/aromatic N) is 5. The monoisotopic (exact) mass is 260 g/mol. The fraction of sp³-hybridized carbons (Fsp3) is 0.538. The van der Waals surface area contributed by atoms with Crippen LogP contribution in [0.1, 0.15) is 5.69 Å². The van der Waals surface area contributed by atoms with Crippen molar-refractivity contribution >= 4 is 5.78 Å². The van der Waals surface area contributed by atoms with Crippen LogP contribution in [0.15, 0.2) is 24.7 Å². The number of piperazine rings is 1. The predicted molar refractivity (Wildman–Crippen MR) is 73.7 cm³/mol. The molecule has 0 aromatic carbocycles. The van der Waals surface area contributed by atoms with Crippen molar-refractivity contribution in [2.45, 2.75) is 12.6 Å². The Hall–Kier alpha value is -1.50. The fourth-order valence-electron chi connectivity index (χ4n) is 2.64. The third-order valence-electron chi connectivity index (χ3n) is 3.73. The van der Waals surface area contributed by atoms with Crippen molar-refractivity contribution in [1.82, 2.24) is 24.2 Å². The van der Waals surface area contributed by atoms with E-state index in [1.807, 2.05) is 22.9 Å². The Morgan fingerprint density at radius 3 is 3.11 bits per heavy atom. The average molecular weight is 260 g/mol. The van der Waals surface area contributed by atoms with E-state index in [0.717, 1.165) is 37.7 Å². The van der Waals surface area contributed by atoms with E-state index in [0.29, 0.717) is 12.6 Å². The summed E-state index contributed by atoms with van der Waals surface area (Å²) in [6.45, 7) is 4.69. The van der Waals surface area contributed by atoms with Crippen LogP contribution in [0.4, 0.5) is 0 Å².